The van der Waals surface area contributed by atoms with E-state index in [1.54, 1.807) is 18.2 Å². The Morgan fingerprint density at radius 3 is 2.00 bits per heavy atom. The van der Waals surface area contributed by atoms with Crippen molar-refractivity contribution in [1.82, 2.24) is 4.57 Å². The molecule has 2 aromatic carbocycles. The molecular formula is C21H20Cl2N2. The van der Waals surface area contributed by atoms with E-state index in [4.69, 9.17) is 23.2 Å². The van der Waals surface area contributed by atoms with Crippen molar-refractivity contribution in [1.29, 1.82) is 0 Å². The van der Waals surface area contributed by atoms with E-state index in [1.807, 2.05) is 6.21 Å². The summed E-state index contributed by atoms with van der Waals surface area (Å²) in [5.74, 6) is 0. The van der Waals surface area contributed by atoms with Gasteiger partial charge in [-0.15, -0.1) is 0 Å². The Bertz CT molecular complexity index is 928. The van der Waals surface area contributed by atoms with E-state index in [0.29, 0.717) is 10.0 Å². The predicted octanol–water partition coefficient (Wildman–Crippen LogP) is 6.77. The van der Waals surface area contributed by atoms with Crippen LogP contribution in [0.2, 0.25) is 10.0 Å². The number of halogens is 2. The molecule has 0 aliphatic rings. The molecule has 1 heterocycles. The molecule has 0 N–H and O–H groups in total. The molecule has 0 unspecified atom stereocenters. The van der Waals surface area contributed by atoms with Crippen LogP contribution in [-0.4, -0.2) is 10.8 Å². The molecule has 3 rings (SSSR count). The zero-order valence-electron chi connectivity index (χ0n) is 14.8. The zero-order valence-corrected chi connectivity index (χ0v) is 16.3. The molecule has 0 radical (unpaired) electrons. The minimum absolute atomic E-state index is 0.584. The smallest absolute Gasteiger partial charge is 0.0659 e. The van der Waals surface area contributed by atoms with Gasteiger partial charge in [-0.25, -0.2) is 0 Å². The van der Waals surface area contributed by atoms with Crippen molar-refractivity contribution >= 4 is 35.1 Å². The van der Waals surface area contributed by atoms with Crippen molar-refractivity contribution in [2.75, 3.05) is 0 Å². The van der Waals surface area contributed by atoms with Crippen LogP contribution >= 0.6 is 23.2 Å². The maximum Gasteiger partial charge on any atom is 0.0659 e. The highest BCUT2D eigenvalue weighted by Gasteiger charge is 2.10. The average Bonchev–Trinajstić information content (AvgIpc) is 2.77. The van der Waals surface area contributed by atoms with Crippen LogP contribution in [0.4, 0.5) is 5.69 Å². The molecule has 25 heavy (non-hydrogen) atoms. The molecule has 0 amide bonds. The lowest BCUT2D eigenvalue weighted by molar-refractivity contribution is 0.960. The largest absolute Gasteiger partial charge is 0.318 e. The van der Waals surface area contributed by atoms with Crippen molar-refractivity contribution in [3.8, 4) is 5.69 Å². The summed E-state index contributed by atoms with van der Waals surface area (Å²) in [6, 6.07) is 14.0. The summed E-state index contributed by atoms with van der Waals surface area (Å²) in [7, 11) is 0. The van der Waals surface area contributed by atoms with Gasteiger partial charge in [0.15, 0.2) is 0 Å². The van der Waals surface area contributed by atoms with Crippen LogP contribution < -0.4 is 0 Å². The van der Waals surface area contributed by atoms with Crippen LogP contribution in [0.5, 0.6) is 0 Å². The third kappa shape index (κ3) is 3.97. The molecule has 0 atom stereocenters. The average molecular weight is 371 g/mol. The first-order valence-corrected chi connectivity index (χ1v) is 8.87. The standard InChI is InChI=1S/C21H20Cl2N2/c1-13-5-14(2)7-21(6-13)25-15(3)8-17(16(25)4)12-24-20-10-18(22)9-19(23)11-20/h5-12H,1-4H3. The second-order valence-electron chi connectivity index (χ2n) is 6.39. The maximum absolute atomic E-state index is 6.04. The second kappa shape index (κ2) is 7.07. The van der Waals surface area contributed by atoms with E-state index in [1.165, 1.54) is 22.5 Å². The van der Waals surface area contributed by atoms with Gasteiger partial charge in [-0.2, -0.15) is 0 Å². The first kappa shape index (κ1) is 17.8. The Morgan fingerprint density at radius 2 is 1.40 bits per heavy atom. The summed E-state index contributed by atoms with van der Waals surface area (Å²) in [4.78, 5) is 4.53. The number of hydrogen-bond donors (Lipinski definition) is 0. The highest BCUT2D eigenvalue weighted by molar-refractivity contribution is 6.35. The van der Waals surface area contributed by atoms with E-state index in [0.717, 1.165) is 16.9 Å². The number of aryl methyl sites for hydroxylation is 3. The molecule has 0 saturated heterocycles. The monoisotopic (exact) mass is 370 g/mol. The fourth-order valence-corrected chi connectivity index (χ4v) is 3.67. The molecule has 2 nitrogen and oxygen atoms in total. The Morgan fingerprint density at radius 1 is 0.800 bits per heavy atom. The zero-order chi connectivity index (χ0) is 18.1. The highest BCUT2D eigenvalue weighted by atomic mass is 35.5. The Labute approximate surface area is 158 Å². The van der Waals surface area contributed by atoms with Crippen LogP contribution in [0.15, 0.2) is 47.5 Å². The molecule has 4 heteroatoms. The van der Waals surface area contributed by atoms with E-state index >= 15 is 0 Å². The molecule has 0 saturated carbocycles. The number of aromatic nitrogens is 1. The van der Waals surface area contributed by atoms with Gasteiger partial charge in [0.1, 0.15) is 0 Å². The minimum Gasteiger partial charge on any atom is -0.318 e. The maximum atomic E-state index is 6.04. The normalized spacial score (nSPS) is 11.4. The highest BCUT2D eigenvalue weighted by Crippen LogP contribution is 2.26. The van der Waals surface area contributed by atoms with Gasteiger partial charge in [-0.3, -0.25) is 4.99 Å². The van der Waals surface area contributed by atoms with Crippen molar-refractivity contribution in [3.63, 3.8) is 0 Å². The topological polar surface area (TPSA) is 17.3 Å². The molecule has 0 spiro atoms. The molecular weight excluding hydrogens is 351 g/mol. The third-order valence-electron chi connectivity index (χ3n) is 4.13. The summed E-state index contributed by atoms with van der Waals surface area (Å²) < 4.78 is 2.26. The SMILES string of the molecule is Cc1cc(C)cc(-n2c(C)cc(C=Nc3cc(Cl)cc(Cl)c3)c2C)c1. The van der Waals surface area contributed by atoms with Crippen molar-refractivity contribution in [3.05, 3.63) is 80.6 Å². The summed E-state index contributed by atoms with van der Waals surface area (Å²) in [6.45, 7) is 8.46. The molecule has 0 fully saturated rings. The van der Waals surface area contributed by atoms with Crippen LogP contribution in [-0.2, 0) is 0 Å². The fourth-order valence-electron chi connectivity index (χ4n) is 3.15. The lowest BCUT2D eigenvalue weighted by atomic mass is 10.1. The van der Waals surface area contributed by atoms with E-state index in [-0.39, 0.29) is 0 Å². The number of hydrogen-bond acceptors (Lipinski definition) is 1. The van der Waals surface area contributed by atoms with Gasteiger partial charge < -0.3 is 4.57 Å². The van der Waals surface area contributed by atoms with Gasteiger partial charge in [0.05, 0.1) is 5.69 Å². The lowest BCUT2D eigenvalue weighted by Crippen LogP contribution is -2.00. The molecule has 0 aliphatic heterocycles. The van der Waals surface area contributed by atoms with Crippen LogP contribution in [0, 0.1) is 27.7 Å². The minimum atomic E-state index is 0.584. The van der Waals surface area contributed by atoms with Crippen molar-refractivity contribution in [2.45, 2.75) is 27.7 Å². The Hall–Kier alpha value is -2.03. The summed E-state index contributed by atoms with van der Waals surface area (Å²) >= 11 is 12.1. The van der Waals surface area contributed by atoms with Gasteiger partial charge >= 0.3 is 0 Å². The predicted molar refractivity (Wildman–Crippen MR) is 108 cm³/mol. The number of nitrogens with zero attached hydrogens (tertiary/aromatic N) is 2. The molecule has 128 valence electrons. The van der Waals surface area contributed by atoms with Gasteiger partial charge in [0.25, 0.3) is 0 Å². The summed E-state index contributed by atoms with van der Waals surface area (Å²) in [5, 5.41) is 1.17. The van der Waals surface area contributed by atoms with Gasteiger partial charge in [0, 0.05) is 38.9 Å². The van der Waals surface area contributed by atoms with Crippen LogP contribution in [0.1, 0.15) is 28.1 Å². The molecule has 0 bridgehead atoms. The Balaban J connectivity index is 2.01. The second-order valence-corrected chi connectivity index (χ2v) is 7.27. The number of rotatable bonds is 3. The lowest BCUT2D eigenvalue weighted by Gasteiger charge is -2.11. The van der Waals surface area contributed by atoms with Gasteiger partial charge in [0.2, 0.25) is 0 Å². The van der Waals surface area contributed by atoms with Gasteiger partial charge in [-0.05, 0) is 75.2 Å². The fraction of sp³-hybridized carbons (Fsp3) is 0.190. The summed E-state index contributed by atoms with van der Waals surface area (Å²) in [5.41, 5.74) is 7.84. The quantitative estimate of drug-likeness (QED) is 0.452. The molecule has 0 aliphatic carbocycles. The van der Waals surface area contributed by atoms with Crippen molar-refractivity contribution < 1.29 is 0 Å². The number of benzene rings is 2. The van der Waals surface area contributed by atoms with Crippen LogP contribution in [0.3, 0.4) is 0 Å². The first-order valence-electron chi connectivity index (χ1n) is 8.11. The molecule has 1 aromatic heterocycles. The van der Waals surface area contributed by atoms with Crippen molar-refractivity contribution in [2.24, 2.45) is 4.99 Å². The first-order chi connectivity index (χ1) is 11.8. The van der Waals surface area contributed by atoms with E-state index in [2.05, 4.69) is 61.5 Å². The number of aliphatic imine (C=N–C) groups is 1. The van der Waals surface area contributed by atoms with Gasteiger partial charge in [-0.1, -0.05) is 29.3 Å². The summed E-state index contributed by atoms with van der Waals surface area (Å²) in [6.07, 6.45) is 1.86. The van der Waals surface area contributed by atoms with Crippen LogP contribution in [0.25, 0.3) is 5.69 Å². The third-order valence-corrected chi connectivity index (χ3v) is 4.57. The molecule has 3 aromatic rings. The van der Waals surface area contributed by atoms with E-state index in [9.17, 15) is 0 Å². The Kier molecular flexibility index (Phi) is 5.03. The van der Waals surface area contributed by atoms with E-state index < -0.39 is 0 Å².